The summed E-state index contributed by atoms with van der Waals surface area (Å²) in [5.41, 5.74) is 11.5. The summed E-state index contributed by atoms with van der Waals surface area (Å²) in [6, 6.07) is 61.4. The van der Waals surface area contributed by atoms with Gasteiger partial charge >= 0.3 is 0 Å². The molecule has 0 saturated heterocycles. The molecule has 10 aromatic rings. The smallest absolute Gasteiger partial charge is 0.143 e. The van der Waals surface area contributed by atoms with Crippen molar-refractivity contribution in [2.75, 3.05) is 0 Å². The SMILES string of the molecule is c1ccc(-c2cccc(-c3ccc4c(-c5c6ccccc6c(-c6ccccc6)c6ccccc56)cc5cccc6oc3c4c56)c2)cc1. The van der Waals surface area contributed by atoms with Crippen LogP contribution in [-0.2, 0) is 0 Å². The van der Waals surface area contributed by atoms with E-state index >= 15 is 0 Å². The molecule has 0 aliphatic heterocycles. The van der Waals surface area contributed by atoms with Gasteiger partial charge in [0.05, 0.1) is 0 Å². The third-order valence-electron chi connectivity index (χ3n) is 9.81. The molecule has 1 heterocycles. The molecule has 0 unspecified atom stereocenters. The van der Waals surface area contributed by atoms with E-state index in [2.05, 4.69) is 170 Å². The van der Waals surface area contributed by atoms with Crippen LogP contribution in [0.3, 0.4) is 0 Å². The fourth-order valence-electron chi connectivity index (χ4n) is 7.79. The summed E-state index contributed by atoms with van der Waals surface area (Å²) < 4.78 is 6.79. The second-order valence-corrected chi connectivity index (χ2v) is 12.4. The normalized spacial score (nSPS) is 11.8. The summed E-state index contributed by atoms with van der Waals surface area (Å²) in [5, 5.41) is 9.81. The van der Waals surface area contributed by atoms with Gasteiger partial charge in [0, 0.05) is 16.3 Å². The highest BCUT2D eigenvalue weighted by molar-refractivity contribution is 6.31. The van der Waals surface area contributed by atoms with Gasteiger partial charge in [0.2, 0.25) is 0 Å². The van der Waals surface area contributed by atoms with E-state index in [1.807, 2.05) is 0 Å². The molecule has 47 heavy (non-hydrogen) atoms. The summed E-state index contributed by atoms with van der Waals surface area (Å²) in [6.45, 7) is 0. The Balaban J connectivity index is 1.30. The second kappa shape index (κ2) is 10.2. The van der Waals surface area contributed by atoms with Gasteiger partial charge in [-0.1, -0.05) is 146 Å². The van der Waals surface area contributed by atoms with Crippen molar-refractivity contribution in [3.05, 3.63) is 170 Å². The predicted octanol–water partition coefficient (Wildman–Crippen LogP) is 13.2. The molecular weight excluding hydrogens is 569 g/mol. The van der Waals surface area contributed by atoms with Gasteiger partial charge in [0.1, 0.15) is 11.2 Å². The first-order valence-corrected chi connectivity index (χ1v) is 16.2. The minimum atomic E-state index is 0.926. The average molecular weight is 597 g/mol. The average Bonchev–Trinajstić information content (AvgIpc) is 3.54. The maximum Gasteiger partial charge on any atom is 0.143 e. The number of fused-ring (bicyclic) bond motifs is 2. The maximum atomic E-state index is 6.79. The molecule has 0 aliphatic rings. The van der Waals surface area contributed by atoms with Crippen molar-refractivity contribution in [1.82, 2.24) is 0 Å². The Bertz CT molecular complexity index is 2710. The van der Waals surface area contributed by atoms with Crippen molar-refractivity contribution in [3.8, 4) is 44.5 Å². The highest BCUT2D eigenvalue weighted by Gasteiger charge is 2.23. The van der Waals surface area contributed by atoms with E-state index in [1.54, 1.807) is 0 Å². The third kappa shape index (κ3) is 3.90. The van der Waals surface area contributed by atoms with Crippen LogP contribution in [0.15, 0.2) is 174 Å². The summed E-state index contributed by atoms with van der Waals surface area (Å²) in [7, 11) is 0. The van der Waals surface area contributed by atoms with Gasteiger partial charge < -0.3 is 4.42 Å². The van der Waals surface area contributed by atoms with Crippen molar-refractivity contribution in [3.63, 3.8) is 0 Å². The molecule has 1 aromatic heterocycles. The van der Waals surface area contributed by atoms with Gasteiger partial charge in [0.25, 0.3) is 0 Å². The van der Waals surface area contributed by atoms with Crippen LogP contribution < -0.4 is 0 Å². The molecular formula is C46H28O. The molecule has 10 rings (SSSR count). The summed E-state index contributed by atoms with van der Waals surface area (Å²) >= 11 is 0. The Morgan fingerprint density at radius 1 is 0.319 bits per heavy atom. The number of benzene rings is 9. The zero-order valence-electron chi connectivity index (χ0n) is 25.6. The minimum Gasteiger partial charge on any atom is -0.455 e. The van der Waals surface area contributed by atoms with Crippen molar-refractivity contribution < 1.29 is 4.42 Å². The standard InChI is InChI=1S/C46H28O/c1-3-13-29(14-4-1)31-17-11-18-32(27-31)34-25-26-39-40(28-33-19-12-24-41-43(33)45(39)46(34)47-41)44-37-22-9-7-20-35(37)42(30-15-5-2-6-16-30)36-21-8-10-23-38(36)44/h1-28H. The van der Waals surface area contributed by atoms with Crippen LogP contribution in [0.2, 0.25) is 0 Å². The minimum absolute atomic E-state index is 0.926. The highest BCUT2D eigenvalue weighted by Crippen LogP contribution is 2.49. The first-order valence-electron chi connectivity index (χ1n) is 16.2. The monoisotopic (exact) mass is 596 g/mol. The van der Waals surface area contributed by atoms with Crippen molar-refractivity contribution >= 4 is 54.3 Å². The van der Waals surface area contributed by atoms with E-state index in [-0.39, 0.29) is 0 Å². The molecule has 0 fully saturated rings. The molecule has 0 aliphatic carbocycles. The molecule has 0 saturated carbocycles. The molecule has 218 valence electrons. The van der Waals surface area contributed by atoms with Gasteiger partial charge in [-0.2, -0.15) is 0 Å². The maximum absolute atomic E-state index is 6.79. The molecule has 0 N–H and O–H groups in total. The topological polar surface area (TPSA) is 13.1 Å². The van der Waals surface area contributed by atoms with Gasteiger partial charge in [-0.3, -0.25) is 0 Å². The molecule has 0 amide bonds. The number of hydrogen-bond acceptors (Lipinski definition) is 1. The first kappa shape index (κ1) is 26.1. The van der Waals surface area contributed by atoms with Gasteiger partial charge in [-0.15, -0.1) is 0 Å². The lowest BCUT2D eigenvalue weighted by Gasteiger charge is -2.19. The lowest BCUT2D eigenvalue weighted by atomic mass is 9.83. The zero-order valence-corrected chi connectivity index (χ0v) is 25.6. The van der Waals surface area contributed by atoms with Crippen molar-refractivity contribution in [2.45, 2.75) is 0 Å². The highest BCUT2D eigenvalue weighted by atomic mass is 16.3. The van der Waals surface area contributed by atoms with E-state index < -0.39 is 0 Å². The zero-order chi connectivity index (χ0) is 30.9. The van der Waals surface area contributed by atoms with E-state index in [1.165, 1.54) is 76.5 Å². The van der Waals surface area contributed by atoms with E-state index in [0.29, 0.717) is 0 Å². The van der Waals surface area contributed by atoms with Gasteiger partial charge in [0.15, 0.2) is 0 Å². The summed E-state index contributed by atoms with van der Waals surface area (Å²) in [4.78, 5) is 0. The van der Waals surface area contributed by atoms with Crippen molar-refractivity contribution in [1.29, 1.82) is 0 Å². The lowest BCUT2D eigenvalue weighted by molar-refractivity contribution is 0.670. The van der Waals surface area contributed by atoms with Crippen LogP contribution in [0.25, 0.3) is 98.8 Å². The molecule has 1 nitrogen and oxygen atoms in total. The Morgan fingerprint density at radius 2 is 0.894 bits per heavy atom. The Labute approximate surface area is 272 Å². The van der Waals surface area contributed by atoms with Crippen LogP contribution in [-0.4, -0.2) is 0 Å². The van der Waals surface area contributed by atoms with Crippen LogP contribution in [0.4, 0.5) is 0 Å². The molecule has 9 aromatic carbocycles. The third-order valence-corrected chi connectivity index (χ3v) is 9.81. The van der Waals surface area contributed by atoms with Crippen LogP contribution in [0.1, 0.15) is 0 Å². The van der Waals surface area contributed by atoms with Crippen LogP contribution >= 0.6 is 0 Å². The van der Waals surface area contributed by atoms with E-state index in [9.17, 15) is 0 Å². The fourth-order valence-corrected chi connectivity index (χ4v) is 7.79. The Hall–Kier alpha value is -6.18. The number of rotatable bonds is 4. The number of furan rings is 1. The van der Waals surface area contributed by atoms with Crippen molar-refractivity contribution in [2.24, 2.45) is 0 Å². The van der Waals surface area contributed by atoms with Crippen LogP contribution in [0.5, 0.6) is 0 Å². The van der Waals surface area contributed by atoms with E-state index in [0.717, 1.165) is 22.3 Å². The quantitative estimate of drug-likeness (QED) is 0.145. The molecule has 0 atom stereocenters. The molecule has 1 heteroatoms. The molecule has 0 radical (unpaired) electrons. The molecule has 0 bridgehead atoms. The van der Waals surface area contributed by atoms with Gasteiger partial charge in [-0.25, -0.2) is 0 Å². The number of hydrogen-bond donors (Lipinski definition) is 0. The summed E-state index contributed by atoms with van der Waals surface area (Å²) in [5.74, 6) is 0. The molecule has 0 spiro atoms. The second-order valence-electron chi connectivity index (χ2n) is 12.4. The Morgan fingerprint density at radius 3 is 1.60 bits per heavy atom. The fraction of sp³-hybridized carbons (Fsp3) is 0. The van der Waals surface area contributed by atoms with Gasteiger partial charge in [-0.05, 0) is 95.5 Å². The predicted molar refractivity (Wildman–Crippen MR) is 199 cm³/mol. The van der Waals surface area contributed by atoms with Crippen LogP contribution in [0, 0.1) is 0 Å². The first-order chi connectivity index (χ1) is 23.3. The Kier molecular flexibility index (Phi) is 5.64. The van der Waals surface area contributed by atoms with E-state index in [4.69, 9.17) is 4.42 Å². The summed E-state index contributed by atoms with van der Waals surface area (Å²) in [6.07, 6.45) is 0. The largest absolute Gasteiger partial charge is 0.455 e. The lowest BCUT2D eigenvalue weighted by Crippen LogP contribution is -1.92.